The van der Waals surface area contributed by atoms with Crippen molar-refractivity contribution >= 4 is 11.7 Å². The van der Waals surface area contributed by atoms with Gasteiger partial charge in [-0.05, 0) is 61.6 Å². The molecule has 28 heavy (non-hydrogen) atoms. The summed E-state index contributed by atoms with van der Waals surface area (Å²) < 4.78 is 5.81. The Morgan fingerprint density at radius 1 is 0.964 bits per heavy atom. The Balaban J connectivity index is 1.45. The van der Waals surface area contributed by atoms with Crippen LogP contribution >= 0.6 is 0 Å². The van der Waals surface area contributed by atoms with Crippen LogP contribution in [-0.2, 0) is 17.8 Å². The highest BCUT2D eigenvalue weighted by atomic mass is 16.5. The molecule has 0 aliphatic rings. The first-order valence-electron chi connectivity index (χ1n) is 9.53. The molecule has 3 rings (SSSR count). The molecule has 0 atom stereocenters. The lowest BCUT2D eigenvalue weighted by molar-refractivity contribution is -0.116. The van der Waals surface area contributed by atoms with Gasteiger partial charge in [0.15, 0.2) is 11.6 Å². The van der Waals surface area contributed by atoms with Gasteiger partial charge in [-0.25, -0.2) is 4.98 Å². The first kappa shape index (κ1) is 19.5. The number of nitrogens with zero attached hydrogens (tertiary/aromatic N) is 2. The fourth-order valence-corrected chi connectivity index (χ4v) is 2.80. The Hall–Kier alpha value is -3.21. The van der Waals surface area contributed by atoms with Gasteiger partial charge < -0.3 is 10.1 Å². The predicted octanol–water partition coefficient (Wildman–Crippen LogP) is 4.72. The van der Waals surface area contributed by atoms with E-state index in [0.29, 0.717) is 24.6 Å². The van der Waals surface area contributed by atoms with Gasteiger partial charge in [0.1, 0.15) is 6.61 Å². The van der Waals surface area contributed by atoms with Gasteiger partial charge >= 0.3 is 0 Å². The second kappa shape index (κ2) is 10.2. The molecule has 0 saturated carbocycles. The molecule has 2 heterocycles. The van der Waals surface area contributed by atoms with Gasteiger partial charge in [0.2, 0.25) is 5.91 Å². The Morgan fingerprint density at radius 2 is 1.75 bits per heavy atom. The van der Waals surface area contributed by atoms with E-state index in [-0.39, 0.29) is 5.91 Å². The number of amides is 1. The minimum atomic E-state index is -0.0450. The molecule has 5 heteroatoms. The van der Waals surface area contributed by atoms with E-state index in [4.69, 9.17) is 4.74 Å². The molecule has 3 aromatic rings. The van der Waals surface area contributed by atoms with Gasteiger partial charge in [-0.2, -0.15) is 0 Å². The molecule has 1 amide bonds. The van der Waals surface area contributed by atoms with Gasteiger partial charge in [0.25, 0.3) is 0 Å². The van der Waals surface area contributed by atoms with Crippen LogP contribution in [0.25, 0.3) is 0 Å². The van der Waals surface area contributed by atoms with Crippen molar-refractivity contribution in [3.63, 3.8) is 0 Å². The smallest absolute Gasteiger partial charge is 0.225 e. The molecule has 0 spiro atoms. The lowest BCUT2D eigenvalue weighted by Gasteiger charge is -2.11. The molecular formula is C23H25N3O2. The number of hydrogen-bond acceptors (Lipinski definition) is 4. The standard InChI is InChI=1S/C23H25N3O2/c1-18-8-10-19(11-9-18)5-2-3-7-22(27)26-23-21(6-4-14-25-23)28-17-20-12-15-24-16-13-20/h4,6,8-16H,2-3,5,7,17H2,1H3,(H,25,26,27). The number of rotatable bonds is 9. The molecule has 2 aromatic heterocycles. The summed E-state index contributed by atoms with van der Waals surface area (Å²) in [6.45, 7) is 2.48. The van der Waals surface area contributed by atoms with Crippen LogP contribution in [0.15, 0.2) is 67.1 Å². The SMILES string of the molecule is Cc1ccc(CCCCC(=O)Nc2ncccc2OCc2ccncc2)cc1. The number of nitrogens with one attached hydrogen (secondary N) is 1. The fraction of sp³-hybridized carbons (Fsp3) is 0.261. The topological polar surface area (TPSA) is 64.1 Å². The Labute approximate surface area is 165 Å². The van der Waals surface area contributed by atoms with Crippen molar-refractivity contribution in [3.05, 3.63) is 83.8 Å². The summed E-state index contributed by atoms with van der Waals surface area (Å²) in [5, 5.41) is 2.87. The van der Waals surface area contributed by atoms with Crippen LogP contribution in [-0.4, -0.2) is 15.9 Å². The van der Waals surface area contributed by atoms with Crippen molar-refractivity contribution in [1.29, 1.82) is 0 Å². The summed E-state index contributed by atoms with van der Waals surface area (Å²) >= 11 is 0. The Morgan fingerprint density at radius 3 is 2.54 bits per heavy atom. The molecule has 5 nitrogen and oxygen atoms in total. The predicted molar refractivity (Wildman–Crippen MR) is 110 cm³/mol. The summed E-state index contributed by atoms with van der Waals surface area (Å²) in [4.78, 5) is 20.5. The summed E-state index contributed by atoms with van der Waals surface area (Å²) in [5.41, 5.74) is 3.58. The number of carbonyl (C=O) groups excluding carboxylic acids is 1. The van der Waals surface area contributed by atoms with Crippen molar-refractivity contribution in [2.24, 2.45) is 0 Å². The first-order chi connectivity index (χ1) is 13.7. The molecule has 0 bridgehead atoms. The third-order valence-corrected chi connectivity index (χ3v) is 4.41. The maximum absolute atomic E-state index is 12.3. The summed E-state index contributed by atoms with van der Waals surface area (Å²) in [6.07, 6.45) is 8.35. The molecule has 0 radical (unpaired) electrons. The van der Waals surface area contributed by atoms with Gasteiger partial charge in [-0.1, -0.05) is 29.8 Å². The third kappa shape index (κ3) is 6.20. The van der Waals surface area contributed by atoms with E-state index in [1.807, 2.05) is 12.1 Å². The Bertz CT molecular complexity index is 880. The van der Waals surface area contributed by atoms with Crippen LogP contribution in [0.2, 0.25) is 0 Å². The first-order valence-corrected chi connectivity index (χ1v) is 9.53. The van der Waals surface area contributed by atoms with E-state index >= 15 is 0 Å². The zero-order valence-corrected chi connectivity index (χ0v) is 16.1. The molecule has 0 saturated heterocycles. The molecule has 0 fully saturated rings. The number of ether oxygens (including phenoxy) is 1. The van der Waals surface area contributed by atoms with Crippen LogP contribution in [0.5, 0.6) is 5.75 Å². The van der Waals surface area contributed by atoms with Gasteiger partial charge in [0.05, 0.1) is 0 Å². The minimum absolute atomic E-state index is 0.0450. The number of carbonyl (C=O) groups is 1. The maximum Gasteiger partial charge on any atom is 0.225 e. The zero-order chi connectivity index (χ0) is 19.6. The van der Waals surface area contributed by atoms with E-state index in [9.17, 15) is 4.79 Å². The second-order valence-electron chi connectivity index (χ2n) is 6.74. The monoisotopic (exact) mass is 375 g/mol. The zero-order valence-electron chi connectivity index (χ0n) is 16.1. The van der Waals surface area contributed by atoms with E-state index in [1.54, 1.807) is 30.7 Å². The molecule has 144 valence electrons. The molecule has 0 aliphatic heterocycles. The minimum Gasteiger partial charge on any atom is -0.485 e. The lowest BCUT2D eigenvalue weighted by atomic mass is 10.1. The van der Waals surface area contributed by atoms with Crippen molar-refractivity contribution in [1.82, 2.24) is 9.97 Å². The fourth-order valence-electron chi connectivity index (χ4n) is 2.80. The molecule has 1 N–H and O–H groups in total. The van der Waals surface area contributed by atoms with E-state index in [2.05, 4.69) is 46.5 Å². The van der Waals surface area contributed by atoms with Crippen molar-refractivity contribution in [3.8, 4) is 5.75 Å². The number of pyridine rings is 2. The molecular weight excluding hydrogens is 350 g/mol. The molecule has 0 unspecified atom stereocenters. The molecule has 1 aromatic carbocycles. The second-order valence-corrected chi connectivity index (χ2v) is 6.74. The highest BCUT2D eigenvalue weighted by Crippen LogP contribution is 2.22. The largest absolute Gasteiger partial charge is 0.485 e. The number of hydrogen-bond donors (Lipinski definition) is 1. The average molecular weight is 375 g/mol. The third-order valence-electron chi connectivity index (χ3n) is 4.41. The van der Waals surface area contributed by atoms with Crippen molar-refractivity contribution in [2.45, 2.75) is 39.2 Å². The normalized spacial score (nSPS) is 10.5. The summed E-state index contributed by atoms with van der Waals surface area (Å²) in [7, 11) is 0. The van der Waals surface area contributed by atoms with Crippen molar-refractivity contribution < 1.29 is 9.53 Å². The number of unbranched alkanes of at least 4 members (excludes halogenated alkanes) is 1. The molecule has 0 aliphatic carbocycles. The quantitative estimate of drug-likeness (QED) is 0.550. The number of aryl methyl sites for hydroxylation is 2. The average Bonchev–Trinajstić information content (AvgIpc) is 2.73. The Kier molecular flexibility index (Phi) is 7.13. The summed E-state index contributed by atoms with van der Waals surface area (Å²) in [6, 6.07) is 15.9. The van der Waals surface area contributed by atoms with Crippen LogP contribution in [0, 0.1) is 6.92 Å². The number of anilines is 1. The van der Waals surface area contributed by atoms with Crippen LogP contribution in [0.4, 0.5) is 5.82 Å². The number of aromatic nitrogens is 2. The van der Waals surface area contributed by atoms with Crippen LogP contribution in [0.3, 0.4) is 0 Å². The van der Waals surface area contributed by atoms with Crippen molar-refractivity contribution in [2.75, 3.05) is 5.32 Å². The maximum atomic E-state index is 12.3. The van der Waals surface area contributed by atoms with Gasteiger partial charge in [-0.3, -0.25) is 9.78 Å². The van der Waals surface area contributed by atoms with Crippen LogP contribution < -0.4 is 10.1 Å². The van der Waals surface area contributed by atoms with E-state index < -0.39 is 0 Å². The summed E-state index contributed by atoms with van der Waals surface area (Å²) in [5.74, 6) is 0.976. The van der Waals surface area contributed by atoms with Gasteiger partial charge in [-0.15, -0.1) is 0 Å². The number of benzene rings is 1. The van der Waals surface area contributed by atoms with Gasteiger partial charge in [0, 0.05) is 25.0 Å². The van der Waals surface area contributed by atoms with Crippen LogP contribution in [0.1, 0.15) is 36.0 Å². The highest BCUT2D eigenvalue weighted by Gasteiger charge is 2.09. The lowest BCUT2D eigenvalue weighted by Crippen LogP contribution is -2.13. The van der Waals surface area contributed by atoms with E-state index in [0.717, 1.165) is 24.8 Å². The highest BCUT2D eigenvalue weighted by molar-refractivity contribution is 5.91. The van der Waals surface area contributed by atoms with E-state index in [1.165, 1.54) is 11.1 Å².